The van der Waals surface area contributed by atoms with Crippen molar-refractivity contribution in [2.45, 2.75) is 6.18 Å². The summed E-state index contributed by atoms with van der Waals surface area (Å²) < 4.78 is 39.0. The van der Waals surface area contributed by atoms with Gasteiger partial charge in [-0.3, -0.25) is 0 Å². The second kappa shape index (κ2) is 5.47. The van der Waals surface area contributed by atoms with E-state index in [2.05, 4.69) is 15.9 Å². The van der Waals surface area contributed by atoms with Gasteiger partial charge >= 0.3 is 6.18 Å². The van der Waals surface area contributed by atoms with Gasteiger partial charge < -0.3 is 5.11 Å². The Kier molecular flexibility index (Phi) is 4.23. The van der Waals surface area contributed by atoms with Crippen LogP contribution in [0.1, 0.15) is 5.56 Å². The Morgan fingerprint density at radius 3 is 2.30 bits per heavy atom. The van der Waals surface area contributed by atoms with Crippen molar-refractivity contribution >= 4 is 39.1 Å². The van der Waals surface area contributed by atoms with Crippen molar-refractivity contribution in [3.63, 3.8) is 0 Å². The van der Waals surface area contributed by atoms with Crippen LogP contribution in [0.15, 0.2) is 34.8 Å². The molecule has 0 atom stereocenters. The highest BCUT2D eigenvalue weighted by molar-refractivity contribution is 9.10. The van der Waals surface area contributed by atoms with E-state index in [-0.39, 0.29) is 21.9 Å². The summed E-state index contributed by atoms with van der Waals surface area (Å²) in [5.41, 5.74) is -0.735. The monoisotopic (exact) mass is 384 g/mol. The predicted molar refractivity (Wildman–Crippen MR) is 76.3 cm³/mol. The zero-order chi connectivity index (χ0) is 15.1. The summed E-state index contributed by atoms with van der Waals surface area (Å²) >= 11 is 14.7. The number of aromatic hydroxyl groups is 1. The number of halogens is 6. The van der Waals surface area contributed by atoms with Gasteiger partial charge in [-0.2, -0.15) is 13.2 Å². The van der Waals surface area contributed by atoms with Crippen molar-refractivity contribution in [1.82, 2.24) is 0 Å². The second-order valence-corrected chi connectivity index (χ2v) is 5.59. The summed E-state index contributed by atoms with van der Waals surface area (Å²) in [6.07, 6.45) is -4.58. The lowest BCUT2D eigenvalue weighted by atomic mass is 10.0. The molecular formula is C13H6BrCl2F3O. The third-order valence-corrected chi connectivity index (χ3v) is 4.24. The number of benzene rings is 2. The number of rotatable bonds is 1. The van der Waals surface area contributed by atoms with Gasteiger partial charge in [0.25, 0.3) is 0 Å². The molecule has 0 aliphatic carbocycles. The fraction of sp³-hybridized carbons (Fsp3) is 0.0769. The maximum Gasteiger partial charge on any atom is 0.417 e. The average Bonchev–Trinajstić information content (AvgIpc) is 2.35. The molecule has 1 nitrogen and oxygen atoms in total. The SMILES string of the molecule is Oc1ccc(Br)c(Cl)c1-c1ccc(Cl)c(C(F)(F)F)c1. The minimum atomic E-state index is -4.58. The van der Waals surface area contributed by atoms with Gasteiger partial charge in [-0.25, -0.2) is 0 Å². The molecule has 2 rings (SSSR count). The molecule has 0 aromatic heterocycles. The van der Waals surface area contributed by atoms with Crippen LogP contribution in [0.3, 0.4) is 0 Å². The zero-order valence-corrected chi connectivity index (χ0v) is 12.7. The molecule has 20 heavy (non-hydrogen) atoms. The number of phenols is 1. The Bertz CT molecular complexity index is 671. The molecule has 0 heterocycles. The molecule has 0 fully saturated rings. The van der Waals surface area contributed by atoms with E-state index >= 15 is 0 Å². The topological polar surface area (TPSA) is 20.2 Å². The van der Waals surface area contributed by atoms with Crippen molar-refractivity contribution in [3.8, 4) is 16.9 Å². The maximum atomic E-state index is 12.8. The van der Waals surface area contributed by atoms with Crippen molar-refractivity contribution in [1.29, 1.82) is 0 Å². The van der Waals surface area contributed by atoms with Gasteiger partial charge in [-0.05, 0) is 45.8 Å². The molecule has 7 heteroatoms. The first-order valence-corrected chi connectivity index (χ1v) is 6.81. The van der Waals surface area contributed by atoms with Gasteiger partial charge in [0.05, 0.1) is 15.6 Å². The second-order valence-electron chi connectivity index (χ2n) is 3.95. The minimum absolute atomic E-state index is 0.114. The third-order valence-electron chi connectivity index (χ3n) is 2.63. The van der Waals surface area contributed by atoms with Crippen LogP contribution in [0, 0.1) is 0 Å². The summed E-state index contributed by atoms with van der Waals surface area (Å²) in [5.74, 6) is -0.214. The van der Waals surface area contributed by atoms with Crippen LogP contribution < -0.4 is 0 Å². The van der Waals surface area contributed by atoms with Gasteiger partial charge in [0.15, 0.2) is 0 Å². The molecule has 2 aromatic rings. The highest BCUT2D eigenvalue weighted by Gasteiger charge is 2.33. The lowest BCUT2D eigenvalue weighted by Gasteiger charge is -2.13. The molecule has 0 radical (unpaired) electrons. The summed E-state index contributed by atoms with van der Waals surface area (Å²) in [7, 11) is 0. The molecule has 1 N–H and O–H groups in total. The van der Waals surface area contributed by atoms with E-state index in [0.717, 1.165) is 12.1 Å². The van der Waals surface area contributed by atoms with Gasteiger partial charge in [-0.1, -0.05) is 29.3 Å². The third kappa shape index (κ3) is 2.90. The van der Waals surface area contributed by atoms with Crippen molar-refractivity contribution in [2.24, 2.45) is 0 Å². The van der Waals surface area contributed by atoms with E-state index in [1.54, 1.807) is 0 Å². The predicted octanol–water partition coefficient (Wildman–Crippen LogP) is 6.15. The molecule has 0 saturated heterocycles. The Morgan fingerprint density at radius 2 is 1.70 bits per heavy atom. The quantitative estimate of drug-likeness (QED) is 0.624. The van der Waals surface area contributed by atoms with E-state index < -0.39 is 16.8 Å². The smallest absolute Gasteiger partial charge is 0.417 e. The lowest BCUT2D eigenvalue weighted by molar-refractivity contribution is -0.137. The Hall–Kier alpha value is -0.910. The highest BCUT2D eigenvalue weighted by atomic mass is 79.9. The van der Waals surface area contributed by atoms with Crippen LogP contribution in [-0.4, -0.2) is 5.11 Å². The molecule has 0 bridgehead atoms. The molecule has 106 valence electrons. The number of hydrogen-bond donors (Lipinski definition) is 1. The Morgan fingerprint density at radius 1 is 1.05 bits per heavy atom. The lowest BCUT2D eigenvalue weighted by Crippen LogP contribution is -2.06. The fourth-order valence-corrected chi connectivity index (χ4v) is 2.54. The average molecular weight is 386 g/mol. The molecule has 0 aliphatic heterocycles. The summed E-state index contributed by atoms with van der Waals surface area (Å²) in [5, 5.41) is 9.53. The highest BCUT2D eigenvalue weighted by Crippen LogP contribution is 2.43. The largest absolute Gasteiger partial charge is 0.507 e. The van der Waals surface area contributed by atoms with Crippen molar-refractivity contribution in [2.75, 3.05) is 0 Å². The first-order valence-electron chi connectivity index (χ1n) is 5.26. The van der Waals surface area contributed by atoms with E-state index in [1.165, 1.54) is 18.2 Å². The number of alkyl halides is 3. The summed E-state index contributed by atoms with van der Waals surface area (Å²) in [6.45, 7) is 0. The molecule has 0 amide bonds. The molecule has 0 aliphatic rings. The van der Waals surface area contributed by atoms with Gasteiger partial charge in [-0.15, -0.1) is 0 Å². The van der Waals surface area contributed by atoms with Crippen LogP contribution in [0.2, 0.25) is 10.0 Å². The van der Waals surface area contributed by atoms with Crippen LogP contribution in [0.25, 0.3) is 11.1 Å². The van der Waals surface area contributed by atoms with Crippen LogP contribution in [0.4, 0.5) is 13.2 Å². The first-order chi connectivity index (χ1) is 9.21. The Balaban J connectivity index is 2.69. The number of hydrogen-bond acceptors (Lipinski definition) is 1. The van der Waals surface area contributed by atoms with Crippen LogP contribution in [0.5, 0.6) is 5.75 Å². The number of phenolic OH excluding ortho intramolecular Hbond substituents is 1. The maximum absolute atomic E-state index is 12.8. The van der Waals surface area contributed by atoms with E-state index in [0.29, 0.717) is 4.47 Å². The molecule has 0 spiro atoms. The van der Waals surface area contributed by atoms with E-state index in [4.69, 9.17) is 23.2 Å². The van der Waals surface area contributed by atoms with Gasteiger partial charge in [0.1, 0.15) is 5.75 Å². The minimum Gasteiger partial charge on any atom is -0.507 e. The normalized spacial score (nSPS) is 11.7. The van der Waals surface area contributed by atoms with Crippen molar-refractivity contribution in [3.05, 3.63) is 50.4 Å². The zero-order valence-electron chi connectivity index (χ0n) is 9.60. The fourth-order valence-electron chi connectivity index (χ4n) is 1.71. The Labute approximate surface area is 131 Å². The van der Waals surface area contributed by atoms with E-state index in [1.807, 2.05) is 0 Å². The first kappa shape index (κ1) is 15.5. The standard InChI is InChI=1S/C13H6BrCl2F3O/c14-8-2-4-10(20)11(12(8)16)6-1-3-9(15)7(5-6)13(17,18)19/h1-5,20H. The van der Waals surface area contributed by atoms with E-state index in [9.17, 15) is 18.3 Å². The molecular weight excluding hydrogens is 380 g/mol. The summed E-state index contributed by atoms with van der Waals surface area (Å²) in [4.78, 5) is 0. The van der Waals surface area contributed by atoms with Crippen LogP contribution in [-0.2, 0) is 6.18 Å². The van der Waals surface area contributed by atoms with Crippen molar-refractivity contribution < 1.29 is 18.3 Å². The van der Waals surface area contributed by atoms with Gasteiger partial charge in [0, 0.05) is 10.0 Å². The van der Waals surface area contributed by atoms with Crippen LogP contribution >= 0.6 is 39.1 Å². The molecule has 0 saturated carbocycles. The summed E-state index contributed by atoms with van der Waals surface area (Å²) in [6, 6.07) is 6.19. The molecule has 0 unspecified atom stereocenters. The molecule has 2 aromatic carbocycles. The van der Waals surface area contributed by atoms with Gasteiger partial charge in [0.2, 0.25) is 0 Å².